The SMILES string of the molecule is CCCCCCc1ccc(CSc2cnn(C(C)(C)C)c(=O)c2Cl)cc1. The molecule has 0 N–H and O–H groups in total. The second-order valence-corrected chi connectivity index (χ2v) is 9.02. The number of benzene rings is 1. The van der Waals surface area contributed by atoms with Crippen molar-refractivity contribution in [3.63, 3.8) is 0 Å². The standard InChI is InChI=1S/C21H29ClN2OS/c1-5-6-7-8-9-16-10-12-17(13-11-16)15-26-18-14-23-24(21(2,3)4)20(25)19(18)22/h10-14H,5-9,15H2,1-4H3. The monoisotopic (exact) mass is 392 g/mol. The molecule has 0 unspecified atom stereocenters. The molecule has 1 aromatic heterocycles. The summed E-state index contributed by atoms with van der Waals surface area (Å²) in [6, 6.07) is 8.75. The van der Waals surface area contributed by atoms with Gasteiger partial charge in [-0.3, -0.25) is 4.79 Å². The van der Waals surface area contributed by atoms with E-state index in [0.29, 0.717) is 0 Å². The third-order valence-electron chi connectivity index (χ3n) is 4.26. The third kappa shape index (κ3) is 5.88. The molecule has 142 valence electrons. The molecule has 0 bridgehead atoms. The maximum Gasteiger partial charge on any atom is 0.287 e. The summed E-state index contributed by atoms with van der Waals surface area (Å²) in [5.74, 6) is 0.774. The van der Waals surface area contributed by atoms with Gasteiger partial charge in [-0.05, 0) is 44.7 Å². The molecule has 0 fully saturated rings. The summed E-state index contributed by atoms with van der Waals surface area (Å²) in [4.78, 5) is 13.1. The Labute approximate surface area is 166 Å². The lowest BCUT2D eigenvalue weighted by Crippen LogP contribution is -2.36. The molecule has 2 rings (SSSR count). The van der Waals surface area contributed by atoms with Crippen molar-refractivity contribution in [2.24, 2.45) is 0 Å². The fourth-order valence-corrected chi connectivity index (χ4v) is 3.86. The Morgan fingerprint density at radius 3 is 2.35 bits per heavy atom. The summed E-state index contributed by atoms with van der Waals surface area (Å²) in [5.41, 5.74) is 2.01. The van der Waals surface area contributed by atoms with Crippen LogP contribution in [0.5, 0.6) is 0 Å². The van der Waals surface area contributed by atoms with E-state index in [1.165, 1.54) is 41.5 Å². The quantitative estimate of drug-likeness (QED) is 0.404. The lowest BCUT2D eigenvalue weighted by Gasteiger charge is -2.21. The number of aryl methyl sites for hydroxylation is 1. The van der Waals surface area contributed by atoms with E-state index in [9.17, 15) is 4.79 Å². The van der Waals surface area contributed by atoms with Crippen LogP contribution in [0.15, 0.2) is 40.2 Å². The minimum absolute atomic E-state index is 0.230. The summed E-state index contributed by atoms with van der Waals surface area (Å²) in [6.45, 7) is 8.05. The van der Waals surface area contributed by atoms with Crippen molar-refractivity contribution in [1.29, 1.82) is 0 Å². The molecule has 3 nitrogen and oxygen atoms in total. The second kappa shape index (κ2) is 9.61. The average Bonchev–Trinajstić information content (AvgIpc) is 2.60. The van der Waals surface area contributed by atoms with Gasteiger partial charge < -0.3 is 0 Å². The molecule has 0 aliphatic rings. The van der Waals surface area contributed by atoms with Gasteiger partial charge in [-0.2, -0.15) is 5.10 Å². The molecule has 0 saturated carbocycles. The fourth-order valence-electron chi connectivity index (χ4n) is 2.72. The highest BCUT2D eigenvalue weighted by Crippen LogP contribution is 2.27. The first-order valence-corrected chi connectivity index (χ1v) is 10.7. The topological polar surface area (TPSA) is 34.9 Å². The van der Waals surface area contributed by atoms with Crippen molar-refractivity contribution in [2.75, 3.05) is 0 Å². The maximum absolute atomic E-state index is 12.4. The Balaban J connectivity index is 1.97. The predicted molar refractivity (Wildman–Crippen MR) is 112 cm³/mol. The van der Waals surface area contributed by atoms with Crippen LogP contribution in [-0.2, 0) is 17.7 Å². The predicted octanol–water partition coefficient (Wildman–Crippen LogP) is 6.07. The smallest absolute Gasteiger partial charge is 0.266 e. The van der Waals surface area contributed by atoms with E-state index in [1.807, 2.05) is 20.8 Å². The van der Waals surface area contributed by atoms with Gasteiger partial charge in [0, 0.05) is 5.75 Å². The Morgan fingerprint density at radius 1 is 1.08 bits per heavy atom. The van der Waals surface area contributed by atoms with E-state index in [-0.39, 0.29) is 16.1 Å². The molecule has 1 heterocycles. The molecule has 0 saturated heterocycles. The van der Waals surface area contributed by atoms with Crippen LogP contribution in [0.1, 0.15) is 64.5 Å². The zero-order chi connectivity index (χ0) is 19.2. The summed E-state index contributed by atoms with van der Waals surface area (Å²) in [7, 11) is 0. The van der Waals surface area contributed by atoms with Crippen LogP contribution >= 0.6 is 23.4 Å². The van der Waals surface area contributed by atoms with E-state index in [1.54, 1.807) is 18.0 Å². The van der Waals surface area contributed by atoms with E-state index in [0.717, 1.165) is 17.1 Å². The third-order valence-corrected chi connectivity index (χ3v) is 5.83. The van der Waals surface area contributed by atoms with E-state index < -0.39 is 0 Å². The number of hydrogen-bond donors (Lipinski definition) is 0. The second-order valence-electron chi connectivity index (χ2n) is 7.63. The van der Waals surface area contributed by atoms with Crippen LogP contribution in [0.4, 0.5) is 0 Å². The summed E-state index contributed by atoms with van der Waals surface area (Å²) >= 11 is 7.84. The molecule has 0 aliphatic heterocycles. The first-order chi connectivity index (χ1) is 12.3. The highest BCUT2D eigenvalue weighted by atomic mass is 35.5. The van der Waals surface area contributed by atoms with Gasteiger partial charge in [0.05, 0.1) is 16.6 Å². The Bertz CT molecular complexity index is 763. The molecule has 1 aromatic carbocycles. The van der Waals surface area contributed by atoms with Crippen LogP contribution in [0.3, 0.4) is 0 Å². The summed E-state index contributed by atoms with van der Waals surface area (Å²) in [6.07, 6.45) is 7.99. The summed E-state index contributed by atoms with van der Waals surface area (Å²) in [5, 5.41) is 4.54. The molecule has 26 heavy (non-hydrogen) atoms. The number of halogens is 1. The normalized spacial score (nSPS) is 11.7. The van der Waals surface area contributed by atoms with Gasteiger partial charge in [-0.15, -0.1) is 11.8 Å². The van der Waals surface area contributed by atoms with E-state index in [4.69, 9.17) is 11.6 Å². The van der Waals surface area contributed by atoms with Gasteiger partial charge in [0.15, 0.2) is 0 Å². The van der Waals surface area contributed by atoms with Gasteiger partial charge in [-0.25, -0.2) is 4.68 Å². The van der Waals surface area contributed by atoms with Crippen molar-refractivity contribution in [1.82, 2.24) is 9.78 Å². The molecule has 2 aromatic rings. The number of unbranched alkanes of at least 4 members (excludes halogenated alkanes) is 3. The average molecular weight is 393 g/mol. The van der Waals surface area contributed by atoms with Crippen molar-refractivity contribution < 1.29 is 0 Å². The first kappa shape index (κ1) is 21.0. The molecule has 0 aliphatic carbocycles. The van der Waals surface area contributed by atoms with Crippen LogP contribution in [0.2, 0.25) is 5.02 Å². The lowest BCUT2D eigenvalue weighted by molar-refractivity contribution is 0.336. The number of thioether (sulfide) groups is 1. The van der Waals surface area contributed by atoms with Crippen molar-refractivity contribution in [2.45, 2.75) is 76.0 Å². The zero-order valence-corrected chi connectivity index (χ0v) is 17.8. The van der Waals surface area contributed by atoms with E-state index in [2.05, 4.69) is 36.3 Å². The van der Waals surface area contributed by atoms with Gasteiger partial charge >= 0.3 is 0 Å². The molecule has 5 heteroatoms. The molecular formula is C21H29ClN2OS. The molecule has 0 atom stereocenters. The Kier molecular flexibility index (Phi) is 7.78. The minimum Gasteiger partial charge on any atom is -0.266 e. The van der Waals surface area contributed by atoms with Gasteiger partial charge in [-0.1, -0.05) is 62.1 Å². The number of nitrogens with zero attached hydrogens (tertiary/aromatic N) is 2. The molecule has 0 amide bonds. The van der Waals surface area contributed by atoms with Crippen LogP contribution < -0.4 is 5.56 Å². The van der Waals surface area contributed by atoms with Crippen molar-refractivity contribution in [3.8, 4) is 0 Å². The molecule has 0 radical (unpaired) electrons. The first-order valence-electron chi connectivity index (χ1n) is 9.32. The highest BCUT2D eigenvalue weighted by molar-refractivity contribution is 7.98. The zero-order valence-electron chi connectivity index (χ0n) is 16.2. The van der Waals surface area contributed by atoms with Gasteiger partial charge in [0.1, 0.15) is 5.02 Å². The van der Waals surface area contributed by atoms with Crippen LogP contribution in [0, 0.1) is 0 Å². The van der Waals surface area contributed by atoms with Crippen LogP contribution in [-0.4, -0.2) is 9.78 Å². The van der Waals surface area contributed by atoms with Crippen molar-refractivity contribution >= 4 is 23.4 Å². The summed E-state index contributed by atoms with van der Waals surface area (Å²) < 4.78 is 1.44. The maximum atomic E-state index is 12.4. The highest BCUT2D eigenvalue weighted by Gasteiger charge is 2.19. The van der Waals surface area contributed by atoms with Gasteiger partial charge in [0.25, 0.3) is 5.56 Å². The molecular weight excluding hydrogens is 364 g/mol. The van der Waals surface area contributed by atoms with E-state index >= 15 is 0 Å². The number of aromatic nitrogens is 2. The Hall–Kier alpha value is -1.26. The number of rotatable bonds is 8. The van der Waals surface area contributed by atoms with Crippen molar-refractivity contribution in [3.05, 3.63) is 57.0 Å². The number of hydrogen-bond acceptors (Lipinski definition) is 3. The lowest BCUT2D eigenvalue weighted by atomic mass is 10.1. The Morgan fingerprint density at radius 2 is 1.73 bits per heavy atom. The fraction of sp³-hybridized carbons (Fsp3) is 0.524. The molecule has 0 spiro atoms. The van der Waals surface area contributed by atoms with Crippen LogP contribution in [0.25, 0.3) is 0 Å². The largest absolute Gasteiger partial charge is 0.287 e. The minimum atomic E-state index is -0.378. The van der Waals surface area contributed by atoms with Gasteiger partial charge in [0.2, 0.25) is 0 Å².